The van der Waals surface area contributed by atoms with Crippen molar-refractivity contribution in [3.8, 4) is 0 Å². The molecule has 0 heterocycles. The van der Waals surface area contributed by atoms with E-state index in [1.54, 1.807) is 18.2 Å². The van der Waals surface area contributed by atoms with Crippen LogP contribution in [0.1, 0.15) is 36.5 Å². The van der Waals surface area contributed by atoms with E-state index >= 15 is 0 Å². The van der Waals surface area contributed by atoms with E-state index in [4.69, 9.17) is 11.6 Å². The largest absolute Gasteiger partial charge is 0.354 e. The minimum Gasteiger partial charge on any atom is -0.354 e. The highest BCUT2D eigenvalue weighted by molar-refractivity contribution is 7.92. The van der Waals surface area contributed by atoms with Gasteiger partial charge in [-0.1, -0.05) is 85.6 Å². The van der Waals surface area contributed by atoms with Crippen molar-refractivity contribution in [3.05, 3.63) is 101 Å². The van der Waals surface area contributed by atoms with E-state index in [1.807, 2.05) is 68.4 Å². The van der Waals surface area contributed by atoms with E-state index in [-0.39, 0.29) is 24.6 Å². The summed E-state index contributed by atoms with van der Waals surface area (Å²) in [7, 11) is -3.84. The van der Waals surface area contributed by atoms with E-state index < -0.39 is 28.5 Å². The lowest BCUT2D eigenvalue weighted by Gasteiger charge is -2.34. The summed E-state index contributed by atoms with van der Waals surface area (Å²) in [6.07, 6.45) is 3.06. The summed E-state index contributed by atoms with van der Waals surface area (Å²) in [5.74, 6) is -0.766. The van der Waals surface area contributed by atoms with Gasteiger partial charge in [0.25, 0.3) is 0 Å². The smallest absolute Gasteiger partial charge is 0.244 e. The van der Waals surface area contributed by atoms with Gasteiger partial charge in [0.2, 0.25) is 21.8 Å². The van der Waals surface area contributed by atoms with Crippen molar-refractivity contribution in [3.63, 3.8) is 0 Å². The van der Waals surface area contributed by atoms with Crippen molar-refractivity contribution in [2.75, 3.05) is 23.7 Å². The summed E-state index contributed by atoms with van der Waals surface area (Å²) in [6, 6.07) is 22.7. The molecule has 3 aromatic rings. The number of nitrogens with one attached hydrogen (secondary N) is 1. The molecule has 208 valence electrons. The fraction of sp³-hybridized carbons (Fsp3) is 0.333. The number of carbonyl (C=O) groups excluding carboxylic acids is 2. The molecule has 3 rings (SSSR count). The minimum atomic E-state index is -3.84. The van der Waals surface area contributed by atoms with Crippen LogP contribution in [0, 0.1) is 6.92 Å². The topological polar surface area (TPSA) is 86.8 Å². The predicted molar refractivity (Wildman–Crippen MR) is 157 cm³/mol. The van der Waals surface area contributed by atoms with E-state index in [1.165, 1.54) is 11.0 Å². The molecule has 0 aromatic heterocycles. The number of carbonyl (C=O) groups is 2. The highest BCUT2D eigenvalue weighted by atomic mass is 35.5. The standard InChI is InChI=1S/C30H36ClN3O4S/c1-4-5-18-32-30(36)28(19-24-13-7-6-8-14-24)33(21-25-15-10-9-12-23(25)2)29(35)22-34(39(3,37)38)27-17-11-16-26(31)20-27/h6-17,20,28H,4-5,18-19,21-22H2,1-3H3,(H,32,36)/t28-/m1/s1. The molecule has 0 saturated heterocycles. The van der Waals surface area contributed by atoms with Crippen LogP contribution in [0.2, 0.25) is 5.02 Å². The van der Waals surface area contributed by atoms with Gasteiger partial charge in [0.15, 0.2) is 0 Å². The van der Waals surface area contributed by atoms with E-state index in [0.29, 0.717) is 11.6 Å². The Hall–Kier alpha value is -3.36. The Morgan fingerprint density at radius 1 is 0.974 bits per heavy atom. The molecule has 0 spiro atoms. The molecule has 0 fully saturated rings. The summed E-state index contributed by atoms with van der Waals surface area (Å²) in [5.41, 5.74) is 3.01. The Balaban J connectivity index is 2.04. The number of nitrogens with zero attached hydrogens (tertiary/aromatic N) is 2. The third kappa shape index (κ3) is 8.83. The lowest BCUT2D eigenvalue weighted by Crippen LogP contribution is -2.53. The maximum absolute atomic E-state index is 14.0. The molecule has 1 atom stereocenters. The molecule has 0 aliphatic heterocycles. The first-order valence-electron chi connectivity index (χ1n) is 13.0. The van der Waals surface area contributed by atoms with Gasteiger partial charge in [-0.2, -0.15) is 0 Å². The number of halogens is 1. The zero-order valence-corrected chi connectivity index (χ0v) is 24.2. The minimum absolute atomic E-state index is 0.150. The van der Waals surface area contributed by atoms with Gasteiger partial charge in [-0.25, -0.2) is 8.42 Å². The van der Waals surface area contributed by atoms with Crippen LogP contribution in [0.4, 0.5) is 5.69 Å². The average Bonchev–Trinajstić information content (AvgIpc) is 2.90. The van der Waals surface area contributed by atoms with Crippen LogP contribution in [0.15, 0.2) is 78.9 Å². The Kier molecular flexibility index (Phi) is 10.9. The number of benzene rings is 3. The molecule has 0 bridgehead atoms. The van der Waals surface area contributed by atoms with Crippen molar-refractivity contribution in [1.82, 2.24) is 10.2 Å². The molecule has 39 heavy (non-hydrogen) atoms. The maximum Gasteiger partial charge on any atom is 0.244 e. The fourth-order valence-electron chi connectivity index (χ4n) is 4.28. The Bertz CT molecular complexity index is 1370. The van der Waals surface area contributed by atoms with E-state index in [9.17, 15) is 18.0 Å². The Morgan fingerprint density at radius 3 is 2.31 bits per heavy atom. The average molecular weight is 570 g/mol. The first-order chi connectivity index (χ1) is 18.6. The summed E-state index contributed by atoms with van der Waals surface area (Å²) in [6.45, 7) is 4.15. The molecular weight excluding hydrogens is 534 g/mol. The number of hydrogen-bond donors (Lipinski definition) is 1. The number of hydrogen-bond acceptors (Lipinski definition) is 4. The normalized spacial score (nSPS) is 12.0. The third-order valence-electron chi connectivity index (χ3n) is 6.48. The molecule has 7 nitrogen and oxygen atoms in total. The lowest BCUT2D eigenvalue weighted by atomic mass is 10.0. The third-order valence-corrected chi connectivity index (χ3v) is 7.85. The second kappa shape index (κ2) is 14.1. The zero-order valence-electron chi connectivity index (χ0n) is 22.6. The highest BCUT2D eigenvalue weighted by Crippen LogP contribution is 2.23. The lowest BCUT2D eigenvalue weighted by molar-refractivity contribution is -0.140. The van der Waals surface area contributed by atoms with E-state index in [2.05, 4.69) is 5.32 Å². The number of anilines is 1. The zero-order chi connectivity index (χ0) is 28.4. The Morgan fingerprint density at radius 2 is 1.67 bits per heavy atom. The van der Waals surface area contributed by atoms with Crippen LogP contribution in [0.5, 0.6) is 0 Å². The fourth-order valence-corrected chi connectivity index (χ4v) is 5.30. The van der Waals surface area contributed by atoms with E-state index in [0.717, 1.165) is 40.1 Å². The molecular formula is C30H36ClN3O4S. The van der Waals surface area contributed by atoms with Gasteiger partial charge in [0.05, 0.1) is 11.9 Å². The number of aryl methyl sites for hydroxylation is 1. The SMILES string of the molecule is CCCCNC(=O)[C@@H](Cc1ccccc1)N(Cc1ccccc1C)C(=O)CN(c1cccc(Cl)c1)S(C)(=O)=O. The van der Waals surface area contributed by atoms with Gasteiger partial charge in [0.1, 0.15) is 12.6 Å². The number of amides is 2. The molecule has 3 aromatic carbocycles. The second-order valence-electron chi connectivity index (χ2n) is 9.55. The molecule has 0 unspecified atom stereocenters. The first-order valence-corrected chi connectivity index (χ1v) is 15.2. The van der Waals surface area contributed by atoms with Crippen LogP contribution in [0.25, 0.3) is 0 Å². The van der Waals surface area contributed by atoms with Crippen molar-refractivity contribution in [2.45, 2.75) is 45.7 Å². The van der Waals surface area contributed by atoms with Gasteiger partial charge < -0.3 is 10.2 Å². The van der Waals surface area contributed by atoms with Crippen LogP contribution in [-0.4, -0.2) is 50.5 Å². The van der Waals surface area contributed by atoms with Gasteiger partial charge in [0, 0.05) is 24.5 Å². The van der Waals surface area contributed by atoms with Crippen molar-refractivity contribution < 1.29 is 18.0 Å². The monoisotopic (exact) mass is 569 g/mol. The van der Waals surface area contributed by atoms with Crippen LogP contribution in [0.3, 0.4) is 0 Å². The van der Waals surface area contributed by atoms with Gasteiger partial charge in [-0.15, -0.1) is 0 Å². The number of rotatable bonds is 13. The molecule has 0 radical (unpaired) electrons. The van der Waals surface area contributed by atoms with Crippen LogP contribution < -0.4 is 9.62 Å². The summed E-state index contributed by atoms with van der Waals surface area (Å²) in [4.78, 5) is 29.1. The molecule has 9 heteroatoms. The molecule has 1 N–H and O–H groups in total. The molecule has 0 aliphatic rings. The van der Waals surface area contributed by atoms with Crippen LogP contribution >= 0.6 is 11.6 Å². The van der Waals surface area contributed by atoms with Crippen molar-refractivity contribution >= 4 is 39.1 Å². The van der Waals surface area contributed by atoms with Gasteiger partial charge >= 0.3 is 0 Å². The quantitative estimate of drug-likeness (QED) is 0.294. The predicted octanol–water partition coefficient (Wildman–Crippen LogP) is 4.97. The molecule has 0 aliphatic carbocycles. The summed E-state index contributed by atoms with van der Waals surface area (Å²) >= 11 is 6.14. The van der Waals surface area contributed by atoms with Gasteiger partial charge in [-0.3, -0.25) is 13.9 Å². The number of unbranched alkanes of at least 4 members (excludes halogenated alkanes) is 1. The second-order valence-corrected chi connectivity index (χ2v) is 11.9. The first kappa shape index (κ1) is 30.2. The Labute approximate surface area is 236 Å². The summed E-state index contributed by atoms with van der Waals surface area (Å²) < 4.78 is 26.7. The van der Waals surface area contributed by atoms with Gasteiger partial charge in [-0.05, 0) is 48.2 Å². The summed E-state index contributed by atoms with van der Waals surface area (Å²) in [5, 5.41) is 3.33. The van der Waals surface area contributed by atoms with Crippen LogP contribution in [-0.2, 0) is 32.6 Å². The molecule has 2 amide bonds. The maximum atomic E-state index is 14.0. The number of sulfonamides is 1. The highest BCUT2D eigenvalue weighted by Gasteiger charge is 2.33. The molecule has 0 saturated carbocycles. The van der Waals surface area contributed by atoms with Crippen molar-refractivity contribution in [1.29, 1.82) is 0 Å². The van der Waals surface area contributed by atoms with Crippen molar-refractivity contribution in [2.24, 2.45) is 0 Å².